The summed E-state index contributed by atoms with van der Waals surface area (Å²) in [5.74, 6) is 1.15. The lowest BCUT2D eigenvalue weighted by Gasteiger charge is -2.38. The van der Waals surface area contributed by atoms with Gasteiger partial charge in [0.25, 0.3) is 0 Å². The van der Waals surface area contributed by atoms with E-state index in [1.165, 1.54) is 0 Å². The Bertz CT molecular complexity index is 819. The van der Waals surface area contributed by atoms with E-state index in [4.69, 9.17) is 0 Å². The van der Waals surface area contributed by atoms with E-state index in [9.17, 15) is 21.6 Å². The highest BCUT2D eigenvalue weighted by molar-refractivity contribution is 7.92. The normalized spacial score (nSPS) is 30.3. The van der Waals surface area contributed by atoms with Gasteiger partial charge in [0.2, 0.25) is 0 Å². The molecular formula is C18H26F3N3O2S. The van der Waals surface area contributed by atoms with Crippen molar-refractivity contribution in [2.45, 2.75) is 63.7 Å². The van der Waals surface area contributed by atoms with Crippen molar-refractivity contribution in [3.05, 3.63) is 17.7 Å². The highest BCUT2D eigenvalue weighted by Gasteiger charge is 2.53. The van der Waals surface area contributed by atoms with Crippen molar-refractivity contribution in [1.82, 2.24) is 14.5 Å². The molecule has 0 amide bonds. The maximum absolute atomic E-state index is 13.1. The third-order valence-corrected chi connectivity index (χ3v) is 8.52. The number of halogens is 3. The second kappa shape index (κ2) is 6.20. The van der Waals surface area contributed by atoms with Gasteiger partial charge in [0, 0.05) is 36.2 Å². The Morgan fingerprint density at radius 1 is 1.26 bits per heavy atom. The van der Waals surface area contributed by atoms with Crippen molar-refractivity contribution in [3.63, 3.8) is 0 Å². The number of likely N-dealkylation sites (tertiary alicyclic amines) is 1. The first-order valence-corrected chi connectivity index (χ1v) is 11.4. The Morgan fingerprint density at radius 3 is 2.56 bits per heavy atom. The van der Waals surface area contributed by atoms with Gasteiger partial charge >= 0.3 is 6.18 Å². The lowest BCUT2D eigenvalue weighted by molar-refractivity contribution is -0.141. The molecule has 152 valence electrons. The monoisotopic (exact) mass is 405 g/mol. The largest absolute Gasteiger partial charge is 0.434 e. The SMILES string of the molecule is CC(C)n1cc(C(F)(F)F)nc1[C@H]1CC[C@@H](N2CCC3(C2)CS(=O)(=O)C3)C1. The lowest BCUT2D eigenvalue weighted by Crippen LogP contribution is -2.50. The van der Waals surface area contributed by atoms with E-state index < -0.39 is 21.7 Å². The molecule has 2 atom stereocenters. The van der Waals surface area contributed by atoms with Crippen LogP contribution in [0, 0.1) is 5.41 Å². The molecule has 0 bridgehead atoms. The molecular weight excluding hydrogens is 379 g/mol. The smallest absolute Gasteiger partial charge is 0.332 e. The van der Waals surface area contributed by atoms with E-state index in [0.29, 0.717) is 23.4 Å². The summed E-state index contributed by atoms with van der Waals surface area (Å²) in [7, 11) is -2.85. The molecule has 9 heteroatoms. The summed E-state index contributed by atoms with van der Waals surface area (Å²) in [4.78, 5) is 6.32. The second-order valence-electron chi connectivity index (χ2n) is 8.90. The molecule has 1 aliphatic carbocycles. The van der Waals surface area contributed by atoms with Crippen LogP contribution in [0.2, 0.25) is 0 Å². The zero-order valence-electron chi connectivity index (χ0n) is 15.7. The van der Waals surface area contributed by atoms with E-state index in [-0.39, 0.29) is 17.4 Å². The van der Waals surface area contributed by atoms with Gasteiger partial charge in [-0.15, -0.1) is 0 Å². The fourth-order valence-corrected chi connectivity index (χ4v) is 7.44. The number of hydrogen-bond acceptors (Lipinski definition) is 4. The van der Waals surface area contributed by atoms with E-state index >= 15 is 0 Å². The standard InChI is InChI=1S/C18H26F3N3O2S/c1-12(2)24-8-15(18(19,20)21)22-16(24)13-3-4-14(7-13)23-6-5-17(9-23)10-27(25,26)11-17/h8,12-14H,3-7,9-11H2,1-2H3/t13-,14+/m0/s1. The third-order valence-electron chi connectivity index (χ3n) is 6.41. The van der Waals surface area contributed by atoms with Gasteiger partial charge in [-0.1, -0.05) is 0 Å². The number of sulfone groups is 1. The quantitative estimate of drug-likeness (QED) is 0.775. The molecule has 1 aromatic rings. The Morgan fingerprint density at radius 2 is 1.96 bits per heavy atom. The van der Waals surface area contributed by atoms with Crippen LogP contribution in [0.25, 0.3) is 0 Å². The fraction of sp³-hybridized carbons (Fsp3) is 0.833. The van der Waals surface area contributed by atoms with Crippen molar-refractivity contribution in [2.75, 3.05) is 24.6 Å². The molecule has 3 fully saturated rings. The van der Waals surface area contributed by atoms with Crippen molar-refractivity contribution in [3.8, 4) is 0 Å². The summed E-state index contributed by atoms with van der Waals surface area (Å²) in [5, 5.41) is 0. The topological polar surface area (TPSA) is 55.2 Å². The molecule has 0 radical (unpaired) electrons. The van der Waals surface area contributed by atoms with Crippen LogP contribution >= 0.6 is 0 Å². The third kappa shape index (κ3) is 3.52. The van der Waals surface area contributed by atoms with E-state index in [1.807, 2.05) is 13.8 Å². The van der Waals surface area contributed by atoms with Gasteiger partial charge < -0.3 is 4.57 Å². The Balaban J connectivity index is 1.47. The van der Waals surface area contributed by atoms with Crippen LogP contribution in [0.4, 0.5) is 13.2 Å². The molecule has 3 heterocycles. The lowest BCUT2D eigenvalue weighted by atomic mass is 9.91. The number of rotatable bonds is 3. The molecule has 1 saturated carbocycles. The molecule has 4 rings (SSSR count). The van der Waals surface area contributed by atoms with Gasteiger partial charge in [0.15, 0.2) is 15.5 Å². The first-order valence-electron chi connectivity index (χ1n) is 9.58. The zero-order valence-corrected chi connectivity index (χ0v) is 16.5. The van der Waals surface area contributed by atoms with Crippen LogP contribution in [0.1, 0.15) is 63.0 Å². The number of alkyl halides is 3. The first kappa shape index (κ1) is 19.2. The highest BCUT2D eigenvalue weighted by Crippen LogP contribution is 2.46. The van der Waals surface area contributed by atoms with Crippen molar-refractivity contribution >= 4 is 9.84 Å². The van der Waals surface area contributed by atoms with Crippen LogP contribution in [0.5, 0.6) is 0 Å². The van der Waals surface area contributed by atoms with Crippen LogP contribution in [0.15, 0.2) is 6.20 Å². The number of imidazole rings is 1. The Kier molecular flexibility index (Phi) is 4.42. The Hall–Kier alpha value is -1.09. The van der Waals surface area contributed by atoms with Crippen LogP contribution in [-0.4, -0.2) is 53.5 Å². The number of hydrogen-bond donors (Lipinski definition) is 0. The predicted octanol–water partition coefficient (Wildman–Crippen LogP) is 3.24. The molecule has 27 heavy (non-hydrogen) atoms. The van der Waals surface area contributed by atoms with Crippen molar-refractivity contribution in [1.29, 1.82) is 0 Å². The van der Waals surface area contributed by atoms with E-state index in [0.717, 1.165) is 45.0 Å². The maximum Gasteiger partial charge on any atom is 0.434 e. The molecule has 1 spiro atoms. The summed E-state index contributed by atoms with van der Waals surface area (Å²) >= 11 is 0. The molecule has 0 unspecified atom stereocenters. The van der Waals surface area contributed by atoms with E-state index in [2.05, 4.69) is 9.88 Å². The summed E-state index contributed by atoms with van der Waals surface area (Å²) in [6.45, 7) is 5.44. The minimum atomic E-state index is -4.43. The second-order valence-corrected chi connectivity index (χ2v) is 11.0. The first-order chi connectivity index (χ1) is 12.5. The molecule has 0 aromatic carbocycles. The van der Waals surface area contributed by atoms with Gasteiger partial charge in [-0.3, -0.25) is 4.90 Å². The van der Waals surface area contributed by atoms with Gasteiger partial charge in [0.1, 0.15) is 5.82 Å². The zero-order chi connectivity index (χ0) is 19.6. The van der Waals surface area contributed by atoms with Gasteiger partial charge in [-0.25, -0.2) is 13.4 Å². The molecule has 5 nitrogen and oxygen atoms in total. The molecule has 2 aliphatic heterocycles. The molecule has 3 aliphatic rings. The van der Waals surface area contributed by atoms with Crippen LogP contribution in [0.3, 0.4) is 0 Å². The summed E-state index contributed by atoms with van der Waals surface area (Å²) in [5.41, 5.74) is -0.883. The van der Waals surface area contributed by atoms with Crippen molar-refractivity contribution in [2.24, 2.45) is 5.41 Å². The van der Waals surface area contributed by atoms with Gasteiger partial charge in [-0.05, 0) is 46.1 Å². The van der Waals surface area contributed by atoms with Gasteiger partial charge in [0.05, 0.1) is 11.5 Å². The minimum absolute atomic E-state index is 0.0233. The predicted molar refractivity (Wildman–Crippen MR) is 95.3 cm³/mol. The molecule has 0 N–H and O–H groups in total. The highest BCUT2D eigenvalue weighted by atomic mass is 32.2. The summed E-state index contributed by atoms with van der Waals surface area (Å²) < 4.78 is 64.2. The average molecular weight is 405 g/mol. The maximum atomic E-state index is 13.1. The number of nitrogens with zero attached hydrogens (tertiary/aromatic N) is 3. The van der Waals surface area contributed by atoms with Gasteiger partial charge in [-0.2, -0.15) is 13.2 Å². The fourth-order valence-electron chi connectivity index (χ4n) is 5.19. The summed E-state index contributed by atoms with van der Waals surface area (Å²) in [6, 6.07) is 0.238. The Labute approximate surface area is 157 Å². The molecule has 1 aromatic heterocycles. The number of aromatic nitrogens is 2. The minimum Gasteiger partial charge on any atom is -0.332 e. The summed E-state index contributed by atoms with van der Waals surface area (Å²) in [6.07, 6.45) is 0.171. The van der Waals surface area contributed by atoms with Crippen molar-refractivity contribution < 1.29 is 21.6 Å². The average Bonchev–Trinajstić information content (AvgIpc) is 3.21. The van der Waals surface area contributed by atoms with Crippen LogP contribution < -0.4 is 0 Å². The molecule has 2 saturated heterocycles. The van der Waals surface area contributed by atoms with Crippen LogP contribution in [-0.2, 0) is 16.0 Å². The van der Waals surface area contributed by atoms with E-state index in [1.54, 1.807) is 4.57 Å².